The molecule has 0 aliphatic heterocycles. The van der Waals surface area contributed by atoms with Crippen molar-refractivity contribution in [1.82, 2.24) is 0 Å². The fourth-order valence-corrected chi connectivity index (χ4v) is 1.98. The molecule has 2 aromatic carbocycles. The summed E-state index contributed by atoms with van der Waals surface area (Å²) in [6.07, 6.45) is -1.04. The molecule has 0 heterocycles. The maximum absolute atomic E-state index is 12.1. The van der Waals surface area contributed by atoms with Crippen LogP contribution >= 0.6 is 0 Å². The highest BCUT2D eigenvalue weighted by molar-refractivity contribution is 5.97. The maximum atomic E-state index is 12.1. The van der Waals surface area contributed by atoms with Crippen molar-refractivity contribution in [3.05, 3.63) is 69.8 Å². The third-order valence-electron chi connectivity index (χ3n) is 3.34. The lowest BCUT2D eigenvalue weighted by atomic mass is 10.1. The second-order valence-electron chi connectivity index (χ2n) is 5.16. The topological polar surface area (TPSA) is 98.5 Å². The number of anilines is 1. The molecule has 0 radical (unpaired) electrons. The monoisotopic (exact) mass is 328 g/mol. The number of nitro groups is 1. The van der Waals surface area contributed by atoms with Crippen molar-refractivity contribution in [2.24, 2.45) is 0 Å². The van der Waals surface area contributed by atoms with Crippen LogP contribution in [-0.4, -0.2) is 22.9 Å². The van der Waals surface area contributed by atoms with Gasteiger partial charge in [0, 0.05) is 17.3 Å². The van der Waals surface area contributed by atoms with E-state index in [0.29, 0.717) is 11.3 Å². The number of benzene rings is 2. The first kappa shape index (κ1) is 17.1. The summed E-state index contributed by atoms with van der Waals surface area (Å²) in [5, 5.41) is 13.5. The van der Waals surface area contributed by atoms with Gasteiger partial charge in [-0.2, -0.15) is 0 Å². The second kappa shape index (κ2) is 7.36. The number of rotatable bonds is 5. The Morgan fingerprint density at radius 3 is 2.46 bits per heavy atom. The van der Waals surface area contributed by atoms with Gasteiger partial charge >= 0.3 is 5.97 Å². The summed E-state index contributed by atoms with van der Waals surface area (Å²) in [7, 11) is 0. The van der Waals surface area contributed by atoms with Gasteiger partial charge < -0.3 is 10.1 Å². The molecule has 1 atom stereocenters. The van der Waals surface area contributed by atoms with E-state index in [2.05, 4.69) is 5.32 Å². The van der Waals surface area contributed by atoms with Crippen molar-refractivity contribution in [3.8, 4) is 0 Å². The Balaban J connectivity index is 2.04. The minimum atomic E-state index is -1.04. The molecule has 0 aliphatic rings. The van der Waals surface area contributed by atoms with Crippen LogP contribution in [0.2, 0.25) is 0 Å². The SMILES string of the molecule is Cc1ccc(C(=O)OC(C)C(=O)Nc2ccccc2)cc1[N+](=O)[O-]. The Bertz CT molecular complexity index is 774. The molecule has 7 heteroatoms. The Labute approximate surface area is 138 Å². The van der Waals surface area contributed by atoms with E-state index in [0.717, 1.165) is 6.07 Å². The maximum Gasteiger partial charge on any atom is 0.339 e. The first-order chi connectivity index (χ1) is 11.4. The molecule has 0 bridgehead atoms. The van der Waals surface area contributed by atoms with Gasteiger partial charge in [0.25, 0.3) is 11.6 Å². The molecule has 0 saturated heterocycles. The summed E-state index contributed by atoms with van der Waals surface area (Å²) < 4.78 is 5.07. The van der Waals surface area contributed by atoms with Crippen LogP contribution in [-0.2, 0) is 9.53 Å². The molecule has 0 saturated carbocycles. The molecular weight excluding hydrogens is 312 g/mol. The largest absolute Gasteiger partial charge is 0.449 e. The van der Waals surface area contributed by atoms with Crippen LogP contribution in [0.5, 0.6) is 0 Å². The van der Waals surface area contributed by atoms with Crippen LogP contribution in [0.3, 0.4) is 0 Å². The molecule has 1 N–H and O–H groups in total. The zero-order chi connectivity index (χ0) is 17.7. The molecule has 1 amide bonds. The van der Waals surface area contributed by atoms with Gasteiger partial charge in [-0.05, 0) is 32.0 Å². The number of nitrogens with one attached hydrogen (secondary N) is 1. The third-order valence-corrected chi connectivity index (χ3v) is 3.34. The van der Waals surface area contributed by atoms with E-state index in [1.54, 1.807) is 31.2 Å². The number of aryl methyl sites for hydroxylation is 1. The first-order valence-electron chi connectivity index (χ1n) is 7.20. The van der Waals surface area contributed by atoms with Crippen LogP contribution in [0.1, 0.15) is 22.8 Å². The Morgan fingerprint density at radius 1 is 1.17 bits per heavy atom. The number of nitrogens with zero attached hydrogens (tertiary/aromatic N) is 1. The van der Waals surface area contributed by atoms with E-state index in [1.807, 2.05) is 6.07 Å². The number of hydrogen-bond donors (Lipinski definition) is 1. The van der Waals surface area contributed by atoms with E-state index in [4.69, 9.17) is 4.74 Å². The third kappa shape index (κ3) is 4.16. The van der Waals surface area contributed by atoms with E-state index < -0.39 is 22.9 Å². The van der Waals surface area contributed by atoms with Gasteiger partial charge in [0.2, 0.25) is 0 Å². The van der Waals surface area contributed by atoms with Crippen molar-refractivity contribution in [1.29, 1.82) is 0 Å². The number of amides is 1. The molecule has 1 unspecified atom stereocenters. The summed E-state index contributed by atoms with van der Waals surface area (Å²) in [4.78, 5) is 34.4. The van der Waals surface area contributed by atoms with Crippen molar-refractivity contribution < 1.29 is 19.2 Å². The molecule has 0 spiro atoms. The lowest BCUT2D eigenvalue weighted by molar-refractivity contribution is -0.385. The average Bonchev–Trinajstić information content (AvgIpc) is 2.55. The number of ether oxygens (including phenoxy) is 1. The van der Waals surface area contributed by atoms with E-state index in [1.165, 1.54) is 19.1 Å². The molecule has 24 heavy (non-hydrogen) atoms. The quantitative estimate of drug-likeness (QED) is 0.516. The molecule has 7 nitrogen and oxygen atoms in total. The summed E-state index contributed by atoms with van der Waals surface area (Å²) >= 11 is 0. The lowest BCUT2D eigenvalue weighted by Crippen LogP contribution is -2.30. The van der Waals surface area contributed by atoms with Gasteiger partial charge in [-0.1, -0.05) is 24.3 Å². The zero-order valence-corrected chi connectivity index (χ0v) is 13.2. The molecular formula is C17H16N2O5. The van der Waals surface area contributed by atoms with Gasteiger partial charge in [0.05, 0.1) is 10.5 Å². The summed E-state index contributed by atoms with van der Waals surface area (Å²) in [5.41, 5.74) is 0.861. The van der Waals surface area contributed by atoms with Gasteiger partial charge in [0.15, 0.2) is 6.10 Å². The predicted octanol–water partition coefficient (Wildman–Crippen LogP) is 3.09. The fraction of sp³-hybridized carbons (Fsp3) is 0.176. The number of hydrogen-bond acceptors (Lipinski definition) is 5. The lowest BCUT2D eigenvalue weighted by Gasteiger charge is -2.13. The van der Waals surface area contributed by atoms with Crippen LogP contribution < -0.4 is 5.32 Å². The number of esters is 1. The Kier molecular flexibility index (Phi) is 5.26. The molecule has 2 rings (SSSR count). The van der Waals surface area contributed by atoms with Gasteiger partial charge in [0.1, 0.15) is 0 Å². The van der Waals surface area contributed by atoms with Crippen LogP contribution in [0.25, 0.3) is 0 Å². The Hall–Kier alpha value is -3.22. The standard InChI is InChI=1S/C17H16N2O5/c1-11-8-9-13(10-15(11)19(22)23)17(21)24-12(2)16(20)18-14-6-4-3-5-7-14/h3-10,12H,1-2H3,(H,18,20). The highest BCUT2D eigenvalue weighted by atomic mass is 16.6. The van der Waals surface area contributed by atoms with E-state index in [9.17, 15) is 19.7 Å². The molecule has 0 aliphatic carbocycles. The summed E-state index contributed by atoms with van der Waals surface area (Å²) in [6.45, 7) is 3.00. The summed E-state index contributed by atoms with van der Waals surface area (Å²) in [5.74, 6) is -1.29. The molecule has 2 aromatic rings. The van der Waals surface area contributed by atoms with Crippen molar-refractivity contribution in [2.75, 3.05) is 5.32 Å². The zero-order valence-electron chi connectivity index (χ0n) is 13.2. The van der Waals surface area contributed by atoms with Crippen LogP contribution in [0.15, 0.2) is 48.5 Å². The van der Waals surface area contributed by atoms with Crippen molar-refractivity contribution in [2.45, 2.75) is 20.0 Å². The summed E-state index contributed by atoms with van der Waals surface area (Å²) in [6, 6.07) is 12.8. The fourth-order valence-electron chi connectivity index (χ4n) is 1.98. The number of carbonyl (C=O) groups excluding carboxylic acids is 2. The number of para-hydroxylation sites is 1. The normalized spacial score (nSPS) is 11.4. The van der Waals surface area contributed by atoms with E-state index in [-0.39, 0.29) is 11.3 Å². The number of carbonyl (C=O) groups is 2. The van der Waals surface area contributed by atoms with Crippen LogP contribution in [0, 0.1) is 17.0 Å². The smallest absolute Gasteiger partial charge is 0.339 e. The minimum absolute atomic E-state index is 0.0201. The van der Waals surface area contributed by atoms with Gasteiger partial charge in [-0.25, -0.2) is 4.79 Å². The Morgan fingerprint density at radius 2 is 1.83 bits per heavy atom. The van der Waals surface area contributed by atoms with E-state index >= 15 is 0 Å². The number of nitro benzene ring substituents is 1. The van der Waals surface area contributed by atoms with Crippen molar-refractivity contribution >= 4 is 23.3 Å². The predicted molar refractivity (Wildman–Crippen MR) is 87.8 cm³/mol. The second-order valence-corrected chi connectivity index (χ2v) is 5.16. The molecule has 124 valence electrons. The van der Waals surface area contributed by atoms with Crippen molar-refractivity contribution in [3.63, 3.8) is 0 Å². The first-order valence-corrected chi connectivity index (χ1v) is 7.20. The van der Waals surface area contributed by atoms with Crippen LogP contribution in [0.4, 0.5) is 11.4 Å². The minimum Gasteiger partial charge on any atom is -0.449 e. The molecule has 0 aromatic heterocycles. The molecule has 0 fully saturated rings. The highest BCUT2D eigenvalue weighted by Gasteiger charge is 2.21. The van der Waals surface area contributed by atoms with Gasteiger partial charge in [-0.3, -0.25) is 14.9 Å². The highest BCUT2D eigenvalue weighted by Crippen LogP contribution is 2.20. The van der Waals surface area contributed by atoms with Gasteiger partial charge in [-0.15, -0.1) is 0 Å². The average molecular weight is 328 g/mol.